The van der Waals surface area contributed by atoms with E-state index >= 15 is 0 Å². The topological polar surface area (TPSA) is 64.3 Å². The number of carbonyl (C=O) groups is 1. The maximum atomic E-state index is 11.8. The van der Waals surface area contributed by atoms with Gasteiger partial charge in [0.15, 0.2) is 0 Å². The van der Waals surface area contributed by atoms with Gasteiger partial charge in [0, 0.05) is 24.5 Å². The van der Waals surface area contributed by atoms with Gasteiger partial charge < -0.3 is 15.8 Å². The maximum Gasteiger partial charge on any atom is 0.220 e. The zero-order chi connectivity index (χ0) is 13.6. The van der Waals surface area contributed by atoms with E-state index in [1.807, 2.05) is 6.92 Å². The second-order valence-electron chi connectivity index (χ2n) is 5.13. The monoisotopic (exact) mass is 292 g/mol. The SMILES string of the molecule is CCOC1CC(NC(=O)CCCN)C1(CC)CC.Cl. The van der Waals surface area contributed by atoms with E-state index in [-0.39, 0.29) is 29.8 Å². The summed E-state index contributed by atoms with van der Waals surface area (Å²) in [6, 6.07) is 0.273. The van der Waals surface area contributed by atoms with Gasteiger partial charge in [0.05, 0.1) is 6.10 Å². The van der Waals surface area contributed by atoms with E-state index in [1.165, 1.54) is 0 Å². The van der Waals surface area contributed by atoms with Crippen molar-refractivity contribution in [1.82, 2.24) is 5.32 Å². The molecule has 2 unspecified atom stereocenters. The molecule has 0 aromatic heterocycles. The lowest BCUT2D eigenvalue weighted by atomic mass is 9.58. The fourth-order valence-electron chi connectivity index (χ4n) is 3.11. The Labute approximate surface area is 123 Å². The van der Waals surface area contributed by atoms with Gasteiger partial charge in [0.25, 0.3) is 0 Å². The molecule has 1 rings (SSSR count). The molecule has 1 saturated carbocycles. The van der Waals surface area contributed by atoms with Crippen LogP contribution in [0.1, 0.15) is 52.9 Å². The van der Waals surface area contributed by atoms with Crippen molar-refractivity contribution in [3.8, 4) is 0 Å². The standard InChI is InChI=1S/C14H28N2O2.ClH/c1-4-14(5-2)11(10-12(14)18-6-3)16-13(17)8-7-9-15;/h11-12H,4-10,15H2,1-3H3,(H,16,17);1H. The van der Waals surface area contributed by atoms with E-state index in [2.05, 4.69) is 19.2 Å². The molecule has 0 aromatic rings. The Bertz CT molecular complexity index is 270. The molecule has 5 heteroatoms. The second-order valence-corrected chi connectivity index (χ2v) is 5.13. The lowest BCUT2D eigenvalue weighted by molar-refractivity contribution is -0.148. The number of ether oxygens (including phenoxy) is 1. The molecule has 0 heterocycles. The smallest absolute Gasteiger partial charge is 0.220 e. The summed E-state index contributed by atoms with van der Waals surface area (Å²) < 4.78 is 5.80. The third-order valence-electron chi connectivity index (χ3n) is 4.41. The minimum absolute atomic E-state index is 0. The highest BCUT2D eigenvalue weighted by Crippen LogP contribution is 2.48. The van der Waals surface area contributed by atoms with Crippen LogP contribution in [0.2, 0.25) is 0 Å². The molecule has 19 heavy (non-hydrogen) atoms. The van der Waals surface area contributed by atoms with Crippen LogP contribution in [0.25, 0.3) is 0 Å². The van der Waals surface area contributed by atoms with Crippen LogP contribution in [0.15, 0.2) is 0 Å². The average molecular weight is 293 g/mol. The highest BCUT2D eigenvalue weighted by Gasteiger charge is 2.53. The first-order valence-electron chi connectivity index (χ1n) is 7.25. The van der Waals surface area contributed by atoms with Gasteiger partial charge in [-0.2, -0.15) is 0 Å². The second kappa shape index (κ2) is 8.77. The minimum Gasteiger partial charge on any atom is -0.378 e. The third-order valence-corrected chi connectivity index (χ3v) is 4.41. The summed E-state index contributed by atoms with van der Waals surface area (Å²) >= 11 is 0. The molecule has 1 aliphatic carbocycles. The van der Waals surface area contributed by atoms with Crippen molar-refractivity contribution in [3.05, 3.63) is 0 Å². The number of carbonyl (C=O) groups excluding carboxylic acids is 1. The summed E-state index contributed by atoms with van der Waals surface area (Å²) in [6.07, 6.45) is 4.65. The Morgan fingerprint density at radius 2 is 2.00 bits per heavy atom. The Balaban J connectivity index is 0.00000324. The van der Waals surface area contributed by atoms with Crippen molar-refractivity contribution in [1.29, 1.82) is 0 Å². The fourth-order valence-corrected chi connectivity index (χ4v) is 3.11. The fraction of sp³-hybridized carbons (Fsp3) is 0.929. The van der Waals surface area contributed by atoms with Gasteiger partial charge in [-0.25, -0.2) is 0 Å². The van der Waals surface area contributed by atoms with Gasteiger partial charge in [-0.15, -0.1) is 12.4 Å². The van der Waals surface area contributed by atoms with Crippen LogP contribution in [0.3, 0.4) is 0 Å². The van der Waals surface area contributed by atoms with Crippen molar-refractivity contribution in [3.63, 3.8) is 0 Å². The summed E-state index contributed by atoms with van der Waals surface area (Å²) in [5, 5.41) is 3.16. The van der Waals surface area contributed by atoms with Gasteiger partial charge >= 0.3 is 0 Å². The van der Waals surface area contributed by atoms with Crippen LogP contribution < -0.4 is 11.1 Å². The Morgan fingerprint density at radius 1 is 1.37 bits per heavy atom. The molecule has 0 spiro atoms. The van der Waals surface area contributed by atoms with E-state index in [0.29, 0.717) is 19.1 Å². The number of hydrogen-bond donors (Lipinski definition) is 2. The van der Waals surface area contributed by atoms with Crippen LogP contribution in [-0.2, 0) is 9.53 Å². The van der Waals surface area contributed by atoms with E-state index in [9.17, 15) is 4.79 Å². The lowest BCUT2D eigenvalue weighted by Crippen LogP contribution is -2.64. The average Bonchev–Trinajstić information content (AvgIpc) is 2.36. The molecule has 4 nitrogen and oxygen atoms in total. The van der Waals surface area contributed by atoms with Crippen LogP contribution in [0.5, 0.6) is 0 Å². The maximum absolute atomic E-state index is 11.8. The van der Waals surface area contributed by atoms with Gasteiger partial charge in [-0.05, 0) is 39.2 Å². The molecule has 0 aromatic carbocycles. The molecule has 1 amide bonds. The van der Waals surface area contributed by atoms with Gasteiger partial charge in [-0.1, -0.05) is 13.8 Å². The summed E-state index contributed by atoms with van der Waals surface area (Å²) in [4.78, 5) is 11.8. The molecular weight excluding hydrogens is 264 g/mol. The zero-order valence-corrected chi connectivity index (χ0v) is 13.2. The van der Waals surface area contributed by atoms with Crippen molar-refractivity contribution < 1.29 is 9.53 Å². The highest BCUT2D eigenvalue weighted by atomic mass is 35.5. The van der Waals surface area contributed by atoms with Crippen molar-refractivity contribution in [2.45, 2.75) is 65.0 Å². The predicted octanol–water partition coefficient (Wildman–Crippen LogP) is 2.25. The van der Waals surface area contributed by atoms with E-state index < -0.39 is 0 Å². The molecule has 1 aliphatic rings. The normalized spacial score (nSPS) is 24.2. The summed E-state index contributed by atoms with van der Waals surface area (Å²) in [5.74, 6) is 0.131. The molecule has 114 valence electrons. The van der Waals surface area contributed by atoms with Crippen molar-refractivity contribution >= 4 is 18.3 Å². The van der Waals surface area contributed by atoms with Crippen LogP contribution in [-0.4, -0.2) is 31.2 Å². The van der Waals surface area contributed by atoms with Gasteiger partial charge in [0.1, 0.15) is 0 Å². The first kappa shape index (κ1) is 18.7. The molecule has 2 atom stereocenters. The minimum atomic E-state index is 0. The van der Waals surface area contributed by atoms with E-state index in [4.69, 9.17) is 10.5 Å². The highest BCUT2D eigenvalue weighted by molar-refractivity contribution is 5.85. The Morgan fingerprint density at radius 3 is 2.47 bits per heavy atom. The predicted molar refractivity (Wildman–Crippen MR) is 80.5 cm³/mol. The first-order valence-corrected chi connectivity index (χ1v) is 7.25. The molecule has 1 fully saturated rings. The van der Waals surface area contributed by atoms with Gasteiger partial charge in [-0.3, -0.25) is 4.79 Å². The van der Waals surface area contributed by atoms with Crippen LogP contribution in [0, 0.1) is 5.41 Å². The first-order chi connectivity index (χ1) is 8.64. The molecule has 0 bridgehead atoms. The molecule has 0 saturated heterocycles. The quantitative estimate of drug-likeness (QED) is 0.721. The van der Waals surface area contributed by atoms with E-state index in [0.717, 1.165) is 32.3 Å². The van der Waals surface area contributed by atoms with Crippen molar-refractivity contribution in [2.24, 2.45) is 11.1 Å². The number of nitrogens with two attached hydrogens (primary N) is 1. The van der Waals surface area contributed by atoms with Crippen LogP contribution >= 0.6 is 12.4 Å². The Hall–Kier alpha value is -0.320. The summed E-state index contributed by atoms with van der Waals surface area (Å²) in [7, 11) is 0. The lowest BCUT2D eigenvalue weighted by Gasteiger charge is -2.55. The number of rotatable bonds is 8. The summed E-state index contributed by atoms with van der Waals surface area (Å²) in [6.45, 7) is 7.73. The third kappa shape index (κ3) is 4.07. The van der Waals surface area contributed by atoms with Crippen LogP contribution in [0.4, 0.5) is 0 Å². The van der Waals surface area contributed by atoms with Gasteiger partial charge in [0.2, 0.25) is 5.91 Å². The molecule has 0 radical (unpaired) electrons. The molecule has 3 N–H and O–H groups in total. The molecule has 0 aliphatic heterocycles. The largest absolute Gasteiger partial charge is 0.378 e. The number of halogens is 1. The summed E-state index contributed by atoms with van der Waals surface area (Å²) in [5.41, 5.74) is 5.55. The Kier molecular flexibility index (Phi) is 8.62. The number of hydrogen-bond acceptors (Lipinski definition) is 3. The zero-order valence-electron chi connectivity index (χ0n) is 12.4. The number of amides is 1. The molecular formula is C14H29ClN2O2. The number of nitrogens with one attached hydrogen (secondary N) is 1. The van der Waals surface area contributed by atoms with E-state index in [1.54, 1.807) is 0 Å². The van der Waals surface area contributed by atoms with Crippen molar-refractivity contribution in [2.75, 3.05) is 13.2 Å².